The van der Waals surface area contributed by atoms with Crippen molar-refractivity contribution in [1.29, 1.82) is 0 Å². The predicted molar refractivity (Wildman–Crippen MR) is 56.0 cm³/mol. The van der Waals surface area contributed by atoms with Crippen LogP contribution in [0.5, 0.6) is 0 Å². The van der Waals surface area contributed by atoms with E-state index in [1.807, 2.05) is 5.32 Å². The summed E-state index contributed by atoms with van der Waals surface area (Å²) in [5.74, 6) is -2.70. The second kappa shape index (κ2) is 5.38. The first-order valence-electron chi connectivity index (χ1n) is 4.81. The second-order valence-corrected chi connectivity index (χ2v) is 3.48. The van der Waals surface area contributed by atoms with Gasteiger partial charge in [-0.1, -0.05) is 0 Å². The number of nitrogens with one attached hydrogen (secondary N) is 1. The van der Waals surface area contributed by atoms with Crippen LogP contribution in [0.2, 0.25) is 0 Å². The van der Waals surface area contributed by atoms with Gasteiger partial charge >= 0.3 is 5.97 Å². The molecule has 6 heteroatoms. The van der Waals surface area contributed by atoms with Gasteiger partial charge in [-0.2, -0.15) is 0 Å². The Morgan fingerprint density at radius 3 is 2.59 bits per heavy atom. The Hall–Kier alpha value is -1.98. The first kappa shape index (κ1) is 13.1. The molecule has 1 unspecified atom stereocenters. The molecule has 0 aliphatic carbocycles. The first-order valence-corrected chi connectivity index (χ1v) is 4.81. The number of hydrogen-bond acceptors (Lipinski definition) is 2. The highest BCUT2D eigenvalue weighted by molar-refractivity contribution is 5.97. The van der Waals surface area contributed by atoms with Crippen LogP contribution in [0.1, 0.15) is 15.9 Å². The molecule has 4 nitrogen and oxygen atoms in total. The minimum Gasteiger partial charge on any atom is -0.480 e. The molecule has 0 saturated carbocycles. The number of hydrogen-bond donors (Lipinski definition) is 2. The van der Waals surface area contributed by atoms with E-state index in [2.05, 4.69) is 0 Å². The molecule has 0 fully saturated rings. The first-order chi connectivity index (χ1) is 7.95. The zero-order chi connectivity index (χ0) is 13.0. The summed E-state index contributed by atoms with van der Waals surface area (Å²) in [5.41, 5.74) is 0.469. The van der Waals surface area contributed by atoms with Crippen LogP contribution in [0.3, 0.4) is 0 Å². The second-order valence-electron chi connectivity index (χ2n) is 3.48. The molecule has 1 atom stereocenters. The Labute approximate surface area is 96.3 Å². The number of carboxylic acid groups (broad SMARTS) is 1. The van der Waals surface area contributed by atoms with E-state index in [1.54, 1.807) is 0 Å². The lowest BCUT2D eigenvalue weighted by molar-refractivity contribution is -0.139. The number of benzene rings is 1. The van der Waals surface area contributed by atoms with E-state index in [0.29, 0.717) is 5.56 Å². The van der Waals surface area contributed by atoms with Crippen molar-refractivity contribution < 1.29 is 23.5 Å². The molecule has 1 aromatic rings. The topological polar surface area (TPSA) is 66.4 Å². The van der Waals surface area contributed by atoms with E-state index in [4.69, 9.17) is 5.11 Å². The smallest absolute Gasteiger partial charge is 0.328 e. The molecular formula is C11H11F2NO3. The third-order valence-electron chi connectivity index (χ3n) is 2.19. The lowest BCUT2D eigenvalue weighted by Gasteiger charge is -2.12. The average molecular weight is 243 g/mol. The van der Waals surface area contributed by atoms with Gasteiger partial charge in [-0.3, -0.25) is 4.79 Å². The molecular weight excluding hydrogens is 232 g/mol. The maximum Gasteiger partial charge on any atom is 0.328 e. The van der Waals surface area contributed by atoms with Gasteiger partial charge in [-0.25, -0.2) is 13.6 Å². The van der Waals surface area contributed by atoms with Gasteiger partial charge in [0.25, 0.3) is 5.91 Å². The van der Waals surface area contributed by atoms with Gasteiger partial charge in [0, 0.05) is 5.56 Å². The van der Waals surface area contributed by atoms with Crippen molar-refractivity contribution in [3.8, 4) is 0 Å². The Bertz CT molecular complexity index is 448. The molecule has 0 bridgehead atoms. The number of alkyl halides is 1. The van der Waals surface area contributed by atoms with Crippen LogP contribution in [0.4, 0.5) is 8.78 Å². The molecule has 1 aromatic carbocycles. The summed E-state index contributed by atoms with van der Waals surface area (Å²) in [6.45, 7) is 0.296. The summed E-state index contributed by atoms with van der Waals surface area (Å²) in [4.78, 5) is 22.1. The predicted octanol–water partition coefficient (Wildman–Crippen LogP) is 1.29. The summed E-state index contributed by atoms with van der Waals surface area (Å²) in [7, 11) is 0. The largest absolute Gasteiger partial charge is 0.480 e. The van der Waals surface area contributed by atoms with E-state index < -0.39 is 30.4 Å². The summed E-state index contributed by atoms with van der Waals surface area (Å²) < 4.78 is 25.1. The van der Waals surface area contributed by atoms with Crippen molar-refractivity contribution in [1.82, 2.24) is 5.32 Å². The Morgan fingerprint density at radius 1 is 1.47 bits per heavy atom. The quantitative estimate of drug-likeness (QED) is 0.837. The Kier molecular flexibility index (Phi) is 4.14. The van der Waals surface area contributed by atoms with E-state index in [9.17, 15) is 18.4 Å². The van der Waals surface area contributed by atoms with E-state index >= 15 is 0 Å². The van der Waals surface area contributed by atoms with E-state index in [1.165, 1.54) is 13.0 Å². The maximum atomic E-state index is 12.8. The molecule has 17 heavy (non-hydrogen) atoms. The monoisotopic (exact) mass is 243 g/mol. The van der Waals surface area contributed by atoms with Crippen molar-refractivity contribution in [2.45, 2.75) is 13.0 Å². The summed E-state index contributed by atoms with van der Waals surface area (Å²) in [6, 6.07) is 1.84. The highest BCUT2D eigenvalue weighted by atomic mass is 19.1. The fraction of sp³-hybridized carbons (Fsp3) is 0.273. The third kappa shape index (κ3) is 3.24. The zero-order valence-electron chi connectivity index (χ0n) is 9.04. The summed E-state index contributed by atoms with van der Waals surface area (Å²) >= 11 is 0. The number of carboxylic acids is 1. The van der Waals surface area contributed by atoms with Crippen molar-refractivity contribution in [3.63, 3.8) is 0 Å². The van der Waals surface area contributed by atoms with Crippen molar-refractivity contribution in [2.75, 3.05) is 6.67 Å². The Morgan fingerprint density at radius 2 is 2.12 bits per heavy atom. The highest BCUT2D eigenvalue weighted by Crippen LogP contribution is 2.10. The van der Waals surface area contributed by atoms with Crippen LogP contribution >= 0.6 is 0 Å². The van der Waals surface area contributed by atoms with Crippen LogP contribution in [-0.4, -0.2) is 29.7 Å². The molecule has 1 rings (SSSR count). The number of carbonyl (C=O) groups excluding carboxylic acids is 1. The number of aryl methyl sites for hydroxylation is 1. The zero-order valence-corrected chi connectivity index (χ0v) is 9.04. The molecule has 0 saturated heterocycles. The molecule has 0 heterocycles. The van der Waals surface area contributed by atoms with Gasteiger partial charge in [0.1, 0.15) is 12.5 Å². The fourth-order valence-corrected chi connectivity index (χ4v) is 1.28. The Balaban J connectivity index is 2.86. The fourth-order valence-electron chi connectivity index (χ4n) is 1.28. The van der Waals surface area contributed by atoms with Gasteiger partial charge in [0.05, 0.1) is 0 Å². The third-order valence-corrected chi connectivity index (χ3v) is 2.19. The molecule has 0 aromatic heterocycles. The molecule has 92 valence electrons. The van der Waals surface area contributed by atoms with Gasteiger partial charge < -0.3 is 10.4 Å². The molecule has 0 aliphatic heterocycles. The lowest BCUT2D eigenvalue weighted by Crippen LogP contribution is -2.42. The summed E-state index contributed by atoms with van der Waals surface area (Å²) in [5, 5.41) is 10.6. The molecule has 1 amide bonds. The van der Waals surface area contributed by atoms with Crippen molar-refractivity contribution >= 4 is 11.9 Å². The standard InChI is InChI=1S/C11H11F2NO3/c1-6-4-7(13)2-3-8(6)10(15)14-9(5-12)11(16)17/h2-4,9H,5H2,1H3,(H,14,15)(H,16,17). The molecule has 0 radical (unpaired) electrons. The number of amides is 1. The minimum absolute atomic E-state index is 0.117. The van der Waals surface area contributed by atoms with Crippen LogP contribution in [0.15, 0.2) is 18.2 Å². The van der Waals surface area contributed by atoms with Crippen LogP contribution in [0.25, 0.3) is 0 Å². The normalized spacial score (nSPS) is 11.9. The number of carbonyl (C=O) groups is 2. The molecule has 0 aliphatic rings. The SMILES string of the molecule is Cc1cc(F)ccc1C(=O)NC(CF)C(=O)O. The van der Waals surface area contributed by atoms with Crippen molar-refractivity contribution in [2.24, 2.45) is 0 Å². The van der Waals surface area contributed by atoms with Crippen LogP contribution < -0.4 is 5.32 Å². The van der Waals surface area contributed by atoms with Gasteiger partial charge in [-0.15, -0.1) is 0 Å². The average Bonchev–Trinajstić information content (AvgIpc) is 2.24. The maximum absolute atomic E-state index is 12.8. The summed E-state index contributed by atoms with van der Waals surface area (Å²) in [6.07, 6.45) is 0. The lowest BCUT2D eigenvalue weighted by atomic mass is 10.1. The highest BCUT2D eigenvalue weighted by Gasteiger charge is 2.21. The van der Waals surface area contributed by atoms with Crippen molar-refractivity contribution in [3.05, 3.63) is 35.1 Å². The van der Waals surface area contributed by atoms with Gasteiger partial charge in [-0.05, 0) is 30.7 Å². The van der Waals surface area contributed by atoms with E-state index in [0.717, 1.165) is 12.1 Å². The number of aliphatic carboxylic acids is 1. The van der Waals surface area contributed by atoms with Crippen LogP contribution in [-0.2, 0) is 4.79 Å². The molecule has 0 spiro atoms. The minimum atomic E-state index is -1.59. The number of rotatable bonds is 4. The van der Waals surface area contributed by atoms with Crippen LogP contribution in [0, 0.1) is 12.7 Å². The van der Waals surface area contributed by atoms with Gasteiger partial charge in [0.2, 0.25) is 0 Å². The van der Waals surface area contributed by atoms with Gasteiger partial charge in [0.15, 0.2) is 6.04 Å². The molecule has 2 N–H and O–H groups in total. The van der Waals surface area contributed by atoms with E-state index in [-0.39, 0.29) is 5.56 Å². The number of halogens is 2.